The third kappa shape index (κ3) is 4.45. The Balaban J connectivity index is 1.48. The van der Waals surface area contributed by atoms with Crippen LogP contribution in [-0.4, -0.2) is 23.9 Å². The Kier molecular flexibility index (Phi) is 5.13. The summed E-state index contributed by atoms with van der Waals surface area (Å²) < 4.78 is 4.92. The molecule has 1 aromatic heterocycles. The van der Waals surface area contributed by atoms with Crippen molar-refractivity contribution in [2.24, 2.45) is 5.92 Å². The van der Waals surface area contributed by atoms with Crippen molar-refractivity contribution in [3.8, 4) is 0 Å². The number of carbonyl (C=O) groups is 1. The first-order chi connectivity index (χ1) is 11.2. The van der Waals surface area contributed by atoms with Gasteiger partial charge in [-0.05, 0) is 49.0 Å². The molecule has 0 radical (unpaired) electrons. The SMILES string of the molecule is CC1CCN(Cc2ccc(CNC(=O)c3ccoc3)cc2)CC1. The topological polar surface area (TPSA) is 45.5 Å². The van der Waals surface area contributed by atoms with E-state index in [9.17, 15) is 4.79 Å². The summed E-state index contributed by atoms with van der Waals surface area (Å²) in [5.41, 5.74) is 3.00. The van der Waals surface area contributed by atoms with Gasteiger partial charge in [-0.2, -0.15) is 0 Å². The van der Waals surface area contributed by atoms with Gasteiger partial charge in [-0.1, -0.05) is 31.2 Å². The number of nitrogens with one attached hydrogen (secondary N) is 1. The van der Waals surface area contributed by atoms with E-state index in [4.69, 9.17) is 4.42 Å². The van der Waals surface area contributed by atoms with E-state index in [-0.39, 0.29) is 5.91 Å². The third-order valence-corrected chi connectivity index (χ3v) is 4.54. The van der Waals surface area contributed by atoms with Crippen LogP contribution in [0.5, 0.6) is 0 Å². The van der Waals surface area contributed by atoms with Gasteiger partial charge >= 0.3 is 0 Å². The molecule has 23 heavy (non-hydrogen) atoms. The minimum atomic E-state index is -0.106. The first kappa shape index (κ1) is 15.8. The Bertz CT molecular complexity index is 611. The summed E-state index contributed by atoms with van der Waals surface area (Å²) in [6.07, 6.45) is 5.57. The van der Waals surface area contributed by atoms with Crippen LogP contribution in [0.4, 0.5) is 0 Å². The van der Waals surface area contributed by atoms with Gasteiger partial charge in [0.25, 0.3) is 5.91 Å². The van der Waals surface area contributed by atoms with Crippen LogP contribution in [0.2, 0.25) is 0 Å². The number of nitrogens with zero attached hydrogens (tertiary/aromatic N) is 1. The monoisotopic (exact) mass is 312 g/mol. The maximum absolute atomic E-state index is 11.9. The van der Waals surface area contributed by atoms with E-state index < -0.39 is 0 Å². The maximum Gasteiger partial charge on any atom is 0.254 e. The van der Waals surface area contributed by atoms with Gasteiger partial charge in [0.2, 0.25) is 0 Å². The average molecular weight is 312 g/mol. The molecule has 2 heterocycles. The number of furan rings is 1. The van der Waals surface area contributed by atoms with E-state index in [1.807, 2.05) is 0 Å². The first-order valence-corrected chi connectivity index (χ1v) is 8.31. The van der Waals surface area contributed by atoms with E-state index in [2.05, 4.69) is 41.4 Å². The molecule has 0 atom stereocenters. The second-order valence-corrected chi connectivity index (χ2v) is 6.47. The lowest BCUT2D eigenvalue weighted by Gasteiger charge is -2.30. The van der Waals surface area contributed by atoms with Crippen molar-refractivity contribution in [2.75, 3.05) is 13.1 Å². The lowest BCUT2D eigenvalue weighted by Crippen LogP contribution is -2.32. The summed E-state index contributed by atoms with van der Waals surface area (Å²) in [4.78, 5) is 14.4. The van der Waals surface area contributed by atoms with Gasteiger partial charge in [-0.3, -0.25) is 9.69 Å². The molecule has 1 fully saturated rings. The minimum Gasteiger partial charge on any atom is -0.472 e. The third-order valence-electron chi connectivity index (χ3n) is 4.54. The zero-order valence-corrected chi connectivity index (χ0v) is 13.6. The predicted octanol–water partition coefficient (Wildman–Crippen LogP) is 3.44. The molecule has 0 spiro atoms. The fraction of sp³-hybridized carbons (Fsp3) is 0.421. The van der Waals surface area contributed by atoms with Crippen LogP contribution in [-0.2, 0) is 13.1 Å². The fourth-order valence-corrected chi connectivity index (χ4v) is 2.92. The van der Waals surface area contributed by atoms with Crippen LogP contribution in [0.25, 0.3) is 0 Å². The zero-order chi connectivity index (χ0) is 16.1. The molecule has 1 aliphatic heterocycles. The number of carbonyl (C=O) groups excluding carboxylic acids is 1. The number of amides is 1. The Hall–Kier alpha value is -2.07. The van der Waals surface area contributed by atoms with E-state index >= 15 is 0 Å². The molecule has 1 saturated heterocycles. The van der Waals surface area contributed by atoms with E-state index in [0.717, 1.165) is 18.0 Å². The minimum absolute atomic E-state index is 0.106. The van der Waals surface area contributed by atoms with E-state index in [1.54, 1.807) is 6.07 Å². The summed E-state index contributed by atoms with van der Waals surface area (Å²) in [6.45, 7) is 6.29. The van der Waals surface area contributed by atoms with Crippen molar-refractivity contribution in [1.29, 1.82) is 0 Å². The molecule has 0 aliphatic carbocycles. The van der Waals surface area contributed by atoms with Crippen molar-refractivity contribution in [1.82, 2.24) is 10.2 Å². The molecular weight excluding hydrogens is 288 g/mol. The molecular formula is C19H24N2O2. The van der Waals surface area contributed by atoms with Crippen LogP contribution in [0, 0.1) is 5.92 Å². The Morgan fingerprint density at radius 1 is 1.17 bits per heavy atom. The number of hydrogen-bond donors (Lipinski definition) is 1. The fourth-order valence-electron chi connectivity index (χ4n) is 2.92. The standard InChI is InChI=1S/C19H24N2O2/c1-15-6-9-21(10-7-15)13-17-4-2-16(3-5-17)12-20-19(22)18-8-11-23-14-18/h2-5,8,11,14-15H,6-7,9-10,12-13H2,1H3,(H,20,22). The van der Waals surface area contributed by atoms with Crippen LogP contribution < -0.4 is 5.32 Å². The molecule has 0 saturated carbocycles. The molecule has 122 valence electrons. The largest absolute Gasteiger partial charge is 0.472 e. The Morgan fingerprint density at radius 2 is 1.87 bits per heavy atom. The molecule has 0 bridgehead atoms. The van der Waals surface area contributed by atoms with Crippen molar-refractivity contribution >= 4 is 5.91 Å². The van der Waals surface area contributed by atoms with Crippen molar-refractivity contribution in [2.45, 2.75) is 32.9 Å². The molecule has 1 aliphatic rings. The normalized spacial score (nSPS) is 16.4. The summed E-state index contributed by atoms with van der Waals surface area (Å²) in [6, 6.07) is 10.2. The van der Waals surface area contributed by atoms with Crippen LogP contribution in [0.1, 0.15) is 41.3 Å². The molecule has 2 aromatic rings. The summed E-state index contributed by atoms with van der Waals surface area (Å²) >= 11 is 0. The molecule has 1 amide bonds. The van der Waals surface area contributed by atoms with Gasteiger partial charge in [-0.25, -0.2) is 0 Å². The second kappa shape index (κ2) is 7.47. The number of hydrogen-bond acceptors (Lipinski definition) is 3. The van der Waals surface area contributed by atoms with E-state index in [0.29, 0.717) is 12.1 Å². The lowest BCUT2D eigenvalue weighted by molar-refractivity contribution is 0.0950. The van der Waals surface area contributed by atoms with Crippen molar-refractivity contribution in [3.05, 3.63) is 59.5 Å². The summed E-state index contributed by atoms with van der Waals surface area (Å²) in [5, 5.41) is 2.90. The number of piperidine rings is 1. The highest BCUT2D eigenvalue weighted by Crippen LogP contribution is 2.18. The highest BCUT2D eigenvalue weighted by atomic mass is 16.3. The van der Waals surface area contributed by atoms with Crippen LogP contribution >= 0.6 is 0 Å². The first-order valence-electron chi connectivity index (χ1n) is 8.31. The smallest absolute Gasteiger partial charge is 0.254 e. The molecule has 0 unspecified atom stereocenters. The van der Waals surface area contributed by atoms with Gasteiger partial charge in [0, 0.05) is 13.1 Å². The number of rotatable bonds is 5. The van der Waals surface area contributed by atoms with Gasteiger partial charge < -0.3 is 9.73 Å². The van der Waals surface area contributed by atoms with Gasteiger partial charge in [-0.15, -0.1) is 0 Å². The second-order valence-electron chi connectivity index (χ2n) is 6.47. The van der Waals surface area contributed by atoms with E-state index in [1.165, 1.54) is 44.0 Å². The average Bonchev–Trinajstić information content (AvgIpc) is 3.11. The number of benzene rings is 1. The predicted molar refractivity (Wildman–Crippen MR) is 90.0 cm³/mol. The van der Waals surface area contributed by atoms with Gasteiger partial charge in [0.05, 0.1) is 11.8 Å². The Morgan fingerprint density at radius 3 is 2.52 bits per heavy atom. The van der Waals surface area contributed by atoms with Crippen molar-refractivity contribution in [3.63, 3.8) is 0 Å². The summed E-state index contributed by atoms with van der Waals surface area (Å²) in [7, 11) is 0. The molecule has 1 aromatic carbocycles. The molecule has 3 rings (SSSR count). The zero-order valence-electron chi connectivity index (χ0n) is 13.6. The number of likely N-dealkylation sites (tertiary alicyclic amines) is 1. The van der Waals surface area contributed by atoms with Crippen LogP contribution in [0.3, 0.4) is 0 Å². The summed E-state index contributed by atoms with van der Waals surface area (Å²) in [5.74, 6) is 0.762. The quantitative estimate of drug-likeness (QED) is 0.920. The van der Waals surface area contributed by atoms with Crippen molar-refractivity contribution < 1.29 is 9.21 Å². The van der Waals surface area contributed by atoms with Gasteiger partial charge in [0.1, 0.15) is 6.26 Å². The highest BCUT2D eigenvalue weighted by Gasteiger charge is 2.15. The van der Waals surface area contributed by atoms with Gasteiger partial charge in [0.15, 0.2) is 0 Å². The van der Waals surface area contributed by atoms with Crippen LogP contribution in [0.15, 0.2) is 47.3 Å². The lowest BCUT2D eigenvalue weighted by atomic mass is 9.99. The maximum atomic E-state index is 11.9. The highest BCUT2D eigenvalue weighted by molar-refractivity contribution is 5.93. The molecule has 4 nitrogen and oxygen atoms in total. The molecule has 1 N–H and O–H groups in total. The Labute approximate surface area is 137 Å². The molecule has 4 heteroatoms.